The first-order chi connectivity index (χ1) is 10.3. The van der Waals surface area contributed by atoms with Gasteiger partial charge in [0, 0.05) is 14.1 Å². The van der Waals surface area contributed by atoms with Crippen molar-refractivity contribution < 1.29 is 24.2 Å². The zero-order valence-electron chi connectivity index (χ0n) is 12.8. The number of carbonyl (C=O) groups excluding carboxylic acids is 2. The van der Waals surface area contributed by atoms with Gasteiger partial charge in [-0.2, -0.15) is 0 Å². The fourth-order valence-corrected chi connectivity index (χ4v) is 1.83. The van der Waals surface area contributed by atoms with Gasteiger partial charge in [0.1, 0.15) is 0 Å². The van der Waals surface area contributed by atoms with Crippen molar-refractivity contribution in [1.29, 1.82) is 0 Å². The van der Waals surface area contributed by atoms with Gasteiger partial charge in [0.15, 0.2) is 0 Å². The number of nitrogens with two attached hydrogens (primary N) is 1. The van der Waals surface area contributed by atoms with Crippen LogP contribution in [0.4, 0.5) is 17.1 Å². The standard InChI is InChI=1S/C13H18N4O5.ClH/c1-15-7-5-8(16-2)9(4-6(7)12(19)20)17-10(11(14)18)13(21)22-3;/h4-5,10,15-17H,1-3H3,(H2,14,18)(H,19,20);1H. The largest absolute Gasteiger partial charge is 0.478 e. The summed E-state index contributed by atoms with van der Waals surface area (Å²) in [4.78, 5) is 34.2. The third-order valence-electron chi connectivity index (χ3n) is 2.95. The van der Waals surface area contributed by atoms with E-state index in [2.05, 4.69) is 20.7 Å². The molecule has 0 heterocycles. The lowest BCUT2D eigenvalue weighted by Crippen LogP contribution is -2.43. The van der Waals surface area contributed by atoms with Crippen LogP contribution >= 0.6 is 12.4 Å². The Hall–Kier alpha value is -2.68. The molecule has 1 rings (SSSR count). The van der Waals surface area contributed by atoms with Crippen LogP contribution in [0.15, 0.2) is 12.1 Å². The van der Waals surface area contributed by atoms with Gasteiger partial charge in [0.25, 0.3) is 5.91 Å². The molecule has 128 valence electrons. The highest BCUT2D eigenvalue weighted by Gasteiger charge is 2.26. The smallest absolute Gasteiger partial charge is 0.338 e. The first kappa shape index (κ1) is 20.3. The predicted octanol–water partition coefficient (Wildman–Crippen LogP) is 0.329. The number of ether oxygens (including phenoxy) is 1. The molecule has 23 heavy (non-hydrogen) atoms. The van der Waals surface area contributed by atoms with Crippen LogP contribution in [0.25, 0.3) is 0 Å². The zero-order valence-corrected chi connectivity index (χ0v) is 13.6. The minimum atomic E-state index is -1.43. The topological polar surface area (TPSA) is 143 Å². The molecule has 1 unspecified atom stereocenters. The maximum absolute atomic E-state index is 11.6. The molecule has 0 bridgehead atoms. The lowest BCUT2D eigenvalue weighted by atomic mass is 10.1. The summed E-state index contributed by atoms with van der Waals surface area (Å²) < 4.78 is 4.49. The molecule has 0 aliphatic rings. The number of halogens is 1. The van der Waals surface area contributed by atoms with Gasteiger partial charge in [-0.3, -0.25) is 4.79 Å². The van der Waals surface area contributed by atoms with Crippen LogP contribution in [-0.4, -0.2) is 50.2 Å². The second-order valence-corrected chi connectivity index (χ2v) is 4.25. The average molecular weight is 347 g/mol. The number of anilines is 3. The van der Waals surface area contributed by atoms with E-state index in [-0.39, 0.29) is 23.7 Å². The number of carbonyl (C=O) groups is 3. The van der Waals surface area contributed by atoms with E-state index in [0.29, 0.717) is 11.4 Å². The number of nitrogens with one attached hydrogen (secondary N) is 3. The Bertz CT molecular complexity index is 608. The third-order valence-corrected chi connectivity index (χ3v) is 2.95. The summed E-state index contributed by atoms with van der Waals surface area (Å²) in [6, 6.07) is 1.39. The summed E-state index contributed by atoms with van der Waals surface area (Å²) in [6.45, 7) is 0. The average Bonchev–Trinajstić information content (AvgIpc) is 2.50. The Kier molecular flexibility index (Phi) is 7.68. The highest BCUT2D eigenvalue weighted by molar-refractivity contribution is 6.05. The van der Waals surface area contributed by atoms with Crippen molar-refractivity contribution in [1.82, 2.24) is 0 Å². The van der Waals surface area contributed by atoms with Gasteiger partial charge < -0.3 is 31.5 Å². The molecule has 1 aromatic rings. The molecule has 0 saturated carbocycles. The zero-order chi connectivity index (χ0) is 16.9. The Labute approximate surface area is 139 Å². The molecule has 0 spiro atoms. The van der Waals surface area contributed by atoms with Crippen molar-refractivity contribution in [3.63, 3.8) is 0 Å². The fourth-order valence-electron chi connectivity index (χ4n) is 1.83. The van der Waals surface area contributed by atoms with Gasteiger partial charge in [-0.15, -0.1) is 12.4 Å². The summed E-state index contributed by atoms with van der Waals surface area (Å²) in [6.07, 6.45) is 0. The summed E-state index contributed by atoms with van der Waals surface area (Å²) in [5.41, 5.74) is 6.20. The lowest BCUT2D eigenvalue weighted by molar-refractivity contribution is -0.144. The van der Waals surface area contributed by atoms with Gasteiger partial charge in [-0.1, -0.05) is 0 Å². The SMILES string of the molecule is CNc1cc(NC)c(C(=O)O)cc1NC(C(N)=O)C(=O)OC.Cl. The number of rotatable bonds is 7. The summed E-state index contributed by atoms with van der Waals surface area (Å²) >= 11 is 0. The van der Waals surface area contributed by atoms with E-state index in [9.17, 15) is 19.5 Å². The van der Waals surface area contributed by atoms with E-state index in [0.717, 1.165) is 7.11 Å². The molecule has 1 atom stereocenters. The van der Waals surface area contributed by atoms with E-state index in [4.69, 9.17) is 5.73 Å². The van der Waals surface area contributed by atoms with Crippen LogP contribution in [0.5, 0.6) is 0 Å². The fraction of sp³-hybridized carbons (Fsp3) is 0.308. The van der Waals surface area contributed by atoms with Gasteiger partial charge in [0.05, 0.1) is 29.7 Å². The van der Waals surface area contributed by atoms with Gasteiger partial charge in [-0.25, -0.2) is 9.59 Å². The maximum Gasteiger partial charge on any atom is 0.338 e. The van der Waals surface area contributed by atoms with E-state index in [1.54, 1.807) is 14.1 Å². The number of esters is 1. The minimum absolute atomic E-state index is 0. The van der Waals surface area contributed by atoms with E-state index < -0.39 is 23.9 Å². The van der Waals surface area contributed by atoms with E-state index >= 15 is 0 Å². The van der Waals surface area contributed by atoms with Crippen molar-refractivity contribution in [3.8, 4) is 0 Å². The summed E-state index contributed by atoms with van der Waals surface area (Å²) in [5.74, 6) is -2.98. The minimum Gasteiger partial charge on any atom is -0.478 e. The van der Waals surface area contributed by atoms with Crippen LogP contribution in [0, 0.1) is 0 Å². The van der Waals surface area contributed by atoms with Crippen molar-refractivity contribution in [2.24, 2.45) is 5.73 Å². The molecule has 6 N–H and O–H groups in total. The van der Waals surface area contributed by atoms with Gasteiger partial charge in [0.2, 0.25) is 6.04 Å². The quantitative estimate of drug-likeness (QED) is 0.351. The molecule has 1 aromatic carbocycles. The molecule has 0 saturated heterocycles. The predicted molar refractivity (Wildman–Crippen MR) is 88.4 cm³/mol. The summed E-state index contributed by atoms with van der Waals surface area (Å²) in [7, 11) is 4.30. The molecule has 0 radical (unpaired) electrons. The second kappa shape index (κ2) is 8.69. The number of hydrogen-bond acceptors (Lipinski definition) is 7. The second-order valence-electron chi connectivity index (χ2n) is 4.25. The van der Waals surface area contributed by atoms with Crippen molar-refractivity contribution in [2.75, 3.05) is 37.2 Å². The molecule has 0 aromatic heterocycles. The van der Waals surface area contributed by atoms with Crippen LogP contribution in [0.1, 0.15) is 10.4 Å². The number of carboxylic acid groups (broad SMARTS) is 1. The van der Waals surface area contributed by atoms with Crippen LogP contribution < -0.4 is 21.7 Å². The Morgan fingerprint density at radius 2 is 1.70 bits per heavy atom. The molecular formula is C13H19ClN4O5. The number of amides is 1. The Balaban J connectivity index is 0.00000484. The highest BCUT2D eigenvalue weighted by Crippen LogP contribution is 2.30. The number of carboxylic acids is 1. The Morgan fingerprint density at radius 3 is 2.09 bits per heavy atom. The number of methoxy groups -OCH3 is 1. The maximum atomic E-state index is 11.6. The Morgan fingerprint density at radius 1 is 1.13 bits per heavy atom. The van der Waals surface area contributed by atoms with Gasteiger partial charge in [-0.05, 0) is 12.1 Å². The first-order valence-corrected chi connectivity index (χ1v) is 6.26. The molecule has 0 aliphatic heterocycles. The van der Waals surface area contributed by atoms with Crippen LogP contribution in [0.2, 0.25) is 0 Å². The van der Waals surface area contributed by atoms with Gasteiger partial charge >= 0.3 is 11.9 Å². The molecule has 9 nitrogen and oxygen atoms in total. The summed E-state index contributed by atoms with van der Waals surface area (Å²) in [5, 5.41) is 17.4. The van der Waals surface area contributed by atoms with Crippen molar-refractivity contribution in [2.45, 2.75) is 6.04 Å². The number of aromatic carboxylic acids is 1. The molecule has 0 fully saturated rings. The molecule has 1 amide bonds. The first-order valence-electron chi connectivity index (χ1n) is 6.26. The molecule has 0 aliphatic carbocycles. The number of primary amides is 1. The van der Waals surface area contributed by atoms with E-state index in [1.807, 2.05) is 0 Å². The van der Waals surface area contributed by atoms with E-state index in [1.165, 1.54) is 12.1 Å². The monoisotopic (exact) mass is 346 g/mol. The number of benzene rings is 1. The molecule has 10 heteroatoms. The lowest BCUT2D eigenvalue weighted by Gasteiger charge is -2.19. The van der Waals surface area contributed by atoms with Crippen LogP contribution in [-0.2, 0) is 14.3 Å². The normalized spacial score (nSPS) is 10.7. The third kappa shape index (κ3) is 4.65. The highest BCUT2D eigenvalue weighted by atomic mass is 35.5. The van der Waals surface area contributed by atoms with Crippen molar-refractivity contribution in [3.05, 3.63) is 17.7 Å². The van der Waals surface area contributed by atoms with Crippen molar-refractivity contribution >= 4 is 47.3 Å². The number of hydrogen-bond donors (Lipinski definition) is 5. The molecular weight excluding hydrogens is 328 g/mol. The van der Waals surface area contributed by atoms with Crippen LogP contribution in [0.3, 0.4) is 0 Å².